The Morgan fingerprint density at radius 3 is 1.12 bits per heavy atom. The molecular formula is C66H121NO8P+. The molecule has 0 saturated carbocycles. The number of allylic oxidation sites excluding steroid dienone is 12. The van der Waals surface area contributed by atoms with Crippen LogP contribution in [0.15, 0.2) is 72.9 Å². The monoisotopic (exact) mass is 1090 g/mol. The molecule has 0 aromatic heterocycles. The second kappa shape index (κ2) is 57.1. The number of nitrogens with zero attached hydrogens (tertiary/aromatic N) is 1. The molecule has 0 spiro atoms. The number of phosphoric acid groups is 1. The zero-order chi connectivity index (χ0) is 55.6. The lowest BCUT2D eigenvalue weighted by Crippen LogP contribution is -2.37. The number of carbonyl (C=O) groups excluding carboxylic acids is 2. The number of rotatable bonds is 58. The largest absolute Gasteiger partial charge is 0.472 e. The van der Waals surface area contributed by atoms with Crippen molar-refractivity contribution in [3.63, 3.8) is 0 Å². The Balaban J connectivity index is 4.03. The second-order valence-electron chi connectivity index (χ2n) is 22.4. The lowest BCUT2D eigenvalue weighted by atomic mass is 10.0. The Kier molecular flexibility index (Phi) is 55.2. The zero-order valence-electron chi connectivity index (χ0n) is 50.2. The van der Waals surface area contributed by atoms with Gasteiger partial charge >= 0.3 is 19.8 Å². The number of hydrogen-bond acceptors (Lipinski definition) is 7. The topological polar surface area (TPSA) is 108 Å². The highest BCUT2D eigenvalue weighted by Gasteiger charge is 2.27. The predicted molar refractivity (Wildman–Crippen MR) is 326 cm³/mol. The Morgan fingerprint density at radius 1 is 0.421 bits per heavy atom. The minimum atomic E-state index is -4.39. The Hall–Kier alpha value is -2.55. The van der Waals surface area contributed by atoms with Gasteiger partial charge in [0.2, 0.25) is 0 Å². The van der Waals surface area contributed by atoms with Gasteiger partial charge in [0, 0.05) is 12.8 Å². The summed E-state index contributed by atoms with van der Waals surface area (Å²) in [6.45, 7) is 4.32. The third kappa shape index (κ3) is 60.7. The van der Waals surface area contributed by atoms with Crippen LogP contribution in [0, 0.1) is 0 Å². The second-order valence-corrected chi connectivity index (χ2v) is 23.9. The van der Waals surface area contributed by atoms with E-state index in [0.717, 1.165) is 64.2 Å². The zero-order valence-corrected chi connectivity index (χ0v) is 51.1. The van der Waals surface area contributed by atoms with E-state index >= 15 is 0 Å². The molecule has 0 bridgehead atoms. The van der Waals surface area contributed by atoms with Gasteiger partial charge in [-0.1, -0.05) is 260 Å². The van der Waals surface area contributed by atoms with Gasteiger partial charge in [0.05, 0.1) is 27.7 Å². The van der Waals surface area contributed by atoms with Crippen LogP contribution in [0.25, 0.3) is 0 Å². The molecule has 0 aromatic carbocycles. The summed E-state index contributed by atoms with van der Waals surface area (Å²) in [5, 5.41) is 0. The molecule has 0 radical (unpaired) electrons. The first-order valence-corrected chi connectivity index (χ1v) is 33.2. The molecule has 0 aliphatic heterocycles. The highest BCUT2D eigenvalue weighted by molar-refractivity contribution is 7.47. The van der Waals surface area contributed by atoms with E-state index in [0.29, 0.717) is 17.4 Å². The Labute approximate surface area is 469 Å². The van der Waals surface area contributed by atoms with Gasteiger partial charge in [-0.15, -0.1) is 0 Å². The molecular weight excluding hydrogens is 966 g/mol. The molecule has 0 aromatic rings. The molecule has 10 heteroatoms. The van der Waals surface area contributed by atoms with Crippen molar-refractivity contribution in [2.24, 2.45) is 0 Å². The van der Waals surface area contributed by atoms with Gasteiger partial charge in [0.1, 0.15) is 19.8 Å². The molecule has 2 atom stereocenters. The number of carbonyl (C=O) groups is 2. The highest BCUT2D eigenvalue weighted by Crippen LogP contribution is 2.43. The summed E-state index contributed by atoms with van der Waals surface area (Å²) < 4.78 is 34.6. The fourth-order valence-corrected chi connectivity index (χ4v) is 9.60. The van der Waals surface area contributed by atoms with E-state index in [4.69, 9.17) is 18.5 Å². The van der Waals surface area contributed by atoms with Crippen molar-refractivity contribution in [3.05, 3.63) is 72.9 Å². The summed E-state index contributed by atoms with van der Waals surface area (Å²) in [5.74, 6) is -0.792. The fraction of sp³-hybridized carbons (Fsp3) is 0.788. The molecule has 0 rings (SSSR count). The molecule has 76 heavy (non-hydrogen) atoms. The van der Waals surface area contributed by atoms with Gasteiger partial charge in [-0.3, -0.25) is 18.6 Å². The third-order valence-corrected chi connectivity index (χ3v) is 14.7. The summed E-state index contributed by atoms with van der Waals surface area (Å²) in [6.07, 6.45) is 75.6. The fourth-order valence-electron chi connectivity index (χ4n) is 8.86. The standard InChI is InChI=1S/C66H120NO8P/c1-6-8-10-12-14-16-18-20-22-24-26-27-28-29-30-31-32-33-34-35-36-37-38-39-41-43-45-47-49-51-53-55-57-59-66(69)75-64(63-74-76(70,71)73-61-60-67(3,4)5)62-72-65(68)58-56-54-52-50-48-46-44-42-40-25-23-21-19-17-15-13-11-9-7-2/h8,10,14-17,20-23,26-27,64H,6-7,9,11-13,18-19,24-25,28-63H2,1-5H3/p+1/b10-8-,16-14-,17-15-,22-20-,23-21-,27-26-. The van der Waals surface area contributed by atoms with Gasteiger partial charge in [0.25, 0.3) is 0 Å². The molecule has 0 heterocycles. The van der Waals surface area contributed by atoms with Crippen molar-refractivity contribution in [2.75, 3.05) is 47.5 Å². The SMILES string of the molecule is CC/C=C\C/C=C\C/C=C\C/C=C\CCCCCCCCCCCCCCCCCCCCCCC(=O)OC(COC(=O)CCCCCCCCCCC/C=C\C/C=C\CCCCC)COP(=O)(O)OCC[N+](C)(C)C. The van der Waals surface area contributed by atoms with Crippen LogP contribution < -0.4 is 0 Å². The van der Waals surface area contributed by atoms with Crippen molar-refractivity contribution < 1.29 is 42.1 Å². The minimum absolute atomic E-state index is 0.0306. The van der Waals surface area contributed by atoms with E-state index in [2.05, 4.69) is 86.8 Å². The molecule has 0 fully saturated rings. The molecule has 9 nitrogen and oxygen atoms in total. The number of quaternary nitrogens is 1. The number of likely N-dealkylation sites (N-methyl/N-ethyl adjacent to an activating group) is 1. The third-order valence-electron chi connectivity index (χ3n) is 13.7. The highest BCUT2D eigenvalue weighted by atomic mass is 31.2. The van der Waals surface area contributed by atoms with E-state index in [1.807, 2.05) is 21.1 Å². The molecule has 0 aliphatic rings. The van der Waals surface area contributed by atoms with Crippen LogP contribution in [0.1, 0.15) is 284 Å². The van der Waals surface area contributed by atoms with Gasteiger partial charge in [-0.25, -0.2) is 4.57 Å². The van der Waals surface area contributed by atoms with E-state index < -0.39 is 26.5 Å². The number of hydrogen-bond donors (Lipinski definition) is 1. The minimum Gasteiger partial charge on any atom is -0.462 e. The van der Waals surface area contributed by atoms with Crippen LogP contribution in [0.4, 0.5) is 0 Å². The van der Waals surface area contributed by atoms with Crippen LogP contribution in [-0.4, -0.2) is 74.9 Å². The van der Waals surface area contributed by atoms with Crippen LogP contribution in [0.5, 0.6) is 0 Å². The summed E-state index contributed by atoms with van der Waals surface area (Å²) in [6, 6.07) is 0. The van der Waals surface area contributed by atoms with Crippen molar-refractivity contribution in [1.82, 2.24) is 0 Å². The smallest absolute Gasteiger partial charge is 0.462 e. The summed E-state index contributed by atoms with van der Waals surface area (Å²) in [4.78, 5) is 35.8. The maximum absolute atomic E-state index is 12.8. The molecule has 0 saturated heterocycles. The average Bonchev–Trinajstić information content (AvgIpc) is 3.38. The summed E-state index contributed by atoms with van der Waals surface area (Å²) in [7, 11) is 1.48. The molecule has 0 amide bonds. The van der Waals surface area contributed by atoms with E-state index in [9.17, 15) is 19.0 Å². The van der Waals surface area contributed by atoms with Crippen molar-refractivity contribution in [3.8, 4) is 0 Å². The number of esters is 2. The normalized spacial score (nSPS) is 13.7. The lowest BCUT2D eigenvalue weighted by molar-refractivity contribution is -0.870. The van der Waals surface area contributed by atoms with Gasteiger partial charge in [-0.2, -0.15) is 0 Å². The lowest BCUT2D eigenvalue weighted by Gasteiger charge is -2.24. The number of phosphoric ester groups is 1. The predicted octanol–water partition coefficient (Wildman–Crippen LogP) is 20.0. The first kappa shape index (κ1) is 73.5. The maximum atomic E-state index is 12.8. The van der Waals surface area contributed by atoms with Crippen LogP contribution in [0.3, 0.4) is 0 Å². The van der Waals surface area contributed by atoms with Crippen LogP contribution in [0.2, 0.25) is 0 Å². The average molecular weight is 1090 g/mol. The number of unbranched alkanes of at least 4 members (excludes halogenated alkanes) is 32. The van der Waals surface area contributed by atoms with Crippen LogP contribution in [-0.2, 0) is 32.7 Å². The molecule has 442 valence electrons. The first-order valence-electron chi connectivity index (χ1n) is 31.7. The molecule has 0 aliphatic carbocycles. The van der Waals surface area contributed by atoms with Crippen LogP contribution >= 0.6 is 7.82 Å². The van der Waals surface area contributed by atoms with E-state index in [-0.39, 0.29) is 32.0 Å². The quantitative estimate of drug-likeness (QED) is 0.0211. The van der Waals surface area contributed by atoms with Crippen molar-refractivity contribution in [1.29, 1.82) is 0 Å². The Morgan fingerprint density at radius 2 is 0.750 bits per heavy atom. The van der Waals surface area contributed by atoms with Gasteiger partial charge < -0.3 is 18.9 Å². The Bertz CT molecular complexity index is 1510. The van der Waals surface area contributed by atoms with E-state index in [1.165, 1.54) is 186 Å². The van der Waals surface area contributed by atoms with Crippen molar-refractivity contribution in [2.45, 2.75) is 290 Å². The number of ether oxygens (including phenoxy) is 2. The summed E-state index contributed by atoms with van der Waals surface area (Å²) >= 11 is 0. The molecule has 2 unspecified atom stereocenters. The first-order chi connectivity index (χ1) is 37.0. The van der Waals surface area contributed by atoms with Gasteiger partial charge in [0.15, 0.2) is 6.10 Å². The van der Waals surface area contributed by atoms with Gasteiger partial charge in [-0.05, 0) is 83.5 Å². The van der Waals surface area contributed by atoms with E-state index in [1.54, 1.807) is 0 Å². The summed E-state index contributed by atoms with van der Waals surface area (Å²) in [5.41, 5.74) is 0. The van der Waals surface area contributed by atoms with Crippen molar-refractivity contribution >= 4 is 19.8 Å². The maximum Gasteiger partial charge on any atom is 0.472 e. The molecule has 1 N–H and O–H groups in total.